The third-order valence-electron chi connectivity index (χ3n) is 2.71. The van der Waals surface area contributed by atoms with Crippen LogP contribution in [0.1, 0.15) is 31.4 Å². The molecule has 0 aliphatic rings. The van der Waals surface area contributed by atoms with Gasteiger partial charge < -0.3 is 9.84 Å². The summed E-state index contributed by atoms with van der Waals surface area (Å²) in [7, 11) is 1.65. The molecule has 0 aliphatic carbocycles. The molecule has 0 bridgehead atoms. The maximum atomic E-state index is 10.0. The Bertz CT molecular complexity index is 316. The molecule has 1 aromatic carbocycles. The largest absolute Gasteiger partial charge is 0.496 e. The van der Waals surface area contributed by atoms with Gasteiger partial charge in [-0.3, -0.25) is 0 Å². The summed E-state index contributed by atoms with van der Waals surface area (Å²) >= 11 is 0. The second-order valence-corrected chi connectivity index (χ2v) is 3.81. The third-order valence-corrected chi connectivity index (χ3v) is 2.71. The summed E-state index contributed by atoms with van der Waals surface area (Å²) in [6, 6.07) is 5.78. The monoisotopic (exact) mass is 194 g/mol. The highest BCUT2D eigenvalue weighted by atomic mass is 16.5. The molecule has 0 spiro atoms. The van der Waals surface area contributed by atoms with E-state index >= 15 is 0 Å². The Balaban J connectivity index is 3.08. The highest BCUT2D eigenvalue weighted by Crippen LogP contribution is 2.28. The first kappa shape index (κ1) is 11.1. The molecule has 0 saturated heterocycles. The van der Waals surface area contributed by atoms with Crippen LogP contribution in [0, 0.1) is 6.92 Å². The van der Waals surface area contributed by atoms with Crippen LogP contribution in [0.4, 0.5) is 0 Å². The molecule has 0 amide bonds. The molecule has 1 aromatic rings. The van der Waals surface area contributed by atoms with Crippen LogP contribution < -0.4 is 4.74 Å². The van der Waals surface area contributed by atoms with Crippen molar-refractivity contribution in [1.82, 2.24) is 0 Å². The zero-order valence-electron chi connectivity index (χ0n) is 9.29. The maximum Gasteiger partial charge on any atom is 0.121 e. The summed E-state index contributed by atoms with van der Waals surface area (Å²) in [5.41, 5.74) is 1.26. The minimum atomic E-state index is -0.739. The van der Waals surface area contributed by atoms with Crippen LogP contribution in [-0.4, -0.2) is 12.2 Å². The van der Waals surface area contributed by atoms with Crippen LogP contribution >= 0.6 is 0 Å². The van der Waals surface area contributed by atoms with Gasteiger partial charge in [0.2, 0.25) is 0 Å². The molecule has 0 aromatic heterocycles. The molecule has 0 fully saturated rings. The molecule has 0 saturated carbocycles. The Hall–Kier alpha value is -1.02. The Morgan fingerprint density at radius 1 is 1.43 bits per heavy atom. The summed E-state index contributed by atoms with van der Waals surface area (Å²) in [6.07, 6.45) is 0.707. The lowest BCUT2D eigenvalue weighted by Crippen LogP contribution is -2.19. The van der Waals surface area contributed by atoms with E-state index in [2.05, 4.69) is 0 Å². The number of ether oxygens (including phenoxy) is 1. The van der Waals surface area contributed by atoms with E-state index in [1.54, 1.807) is 7.11 Å². The number of hydrogen-bond donors (Lipinski definition) is 1. The molecule has 0 aliphatic heterocycles. The predicted octanol–water partition coefficient (Wildman–Crippen LogP) is 2.62. The van der Waals surface area contributed by atoms with Crippen LogP contribution in [0.5, 0.6) is 5.75 Å². The van der Waals surface area contributed by atoms with E-state index in [0.29, 0.717) is 6.42 Å². The smallest absolute Gasteiger partial charge is 0.121 e. The van der Waals surface area contributed by atoms with Crippen LogP contribution in [-0.2, 0) is 5.60 Å². The van der Waals surface area contributed by atoms with Crippen molar-refractivity contribution in [1.29, 1.82) is 0 Å². The molecular weight excluding hydrogens is 176 g/mol. The molecule has 0 radical (unpaired) electrons. The van der Waals surface area contributed by atoms with Gasteiger partial charge in [-0.25, -0.2) is 0 Å². The van der Waals surface area contributed by atoms with Crippen LogP contribution in [0.25, 0.3) is 0 Å². The van der Waals surface area contributed by atoms with Crippen molar-refractivity contribution in [3.63, 3.8) is 0 Å². The lowest BCUT2D eigenvalue weighted by molar-refractivity contribution is 0.0530. The Morgan fingerprint density at radius 3 is 2.50 bits per heavy atom. The van der Waals surface area contributed by atoms with Crippen LogP contribution in [0.2, 0.25) is 0 Å². The Kier molecular flexibility index (Phi) is 3.17. The first-order valence-electron chi connectivity index (χ1n) is 4.88. The van der Waals surface area contributed by atoms with Crippen LogP contribution in [0.3, 0.4) is 0 Å². The molecule has 2 nitrogen and oxygen atoms in total. The van der Waals surface area contributed by atoms with Gasteiger partial charge in [0.15, 0.2) is 0 Å². The van der Waals surface area contributed by atoms with Crippen molar-refractivity contribution in [3.05, 3.63) is 29.3 Å². The van der Waals surface area contributed by atoms with Gasteiger partial charge in [-0.15, -0.1) is 0 Å². The van der Waals surface area contributed by atoms with Gasteiger partial charge in [-0.2, -0.15) is 0 Å². The fraction of sp³-hybridized carbons (Fsp3) is 0.500. The average Bonchev–Trinajstić information content (AvgIpc) is 2.17. The Labute approximate surface area is 85.5 Å². The minimum absolute atomic E-state index is 0.707. The molecule has 1 N–H and O–H groups in total. The average molecular weight is 194 g/mol. The molecule has 1 unspecified atom stereocenters. The van der Waals surface area contributed by atoms with E-state index in [1.807, 2.05) is 39.0 Å². The van der Waals surface area contributed by atoms with Crippen molar-refractivity contribution in [2.75, 3.05) is 7.11 Å². The zero-order valence-corrected chi connectivity index (χ0v) is 9.29. The zero-order chi connectivity index (χ0) is 10.8. The predicted molar refractivity (Wildman–Crippen MR) is 57.6 cm³/mol. The van der Waals surface area contributed by atoms with Crippen molar-refractivity contribution >= 4 is 0 Å². The van der Waals surface area contributed by atoms with Gasteiger partial charge in [0.25, 0.3) is 0 Å². The number of rotatable bonds is 3. The van der Waals surface area contributed by atoms with Crippen LogP contribution in [0.15, 0.2) is 18.2 Å². The number of methoxy groups -OCH3 is 1. The van der Waals surface area contributed by atoms with Gasteiger partial charge in [0.1, 0.15) is 5.75 Å². The van der Waals surface area contributed by atoms with E-state index in [9.17, 15) is 5.11 Å². The van der Waals surface area contributed by atoms with Crippen molar-refractivity contribution in [2.24, 2.45) is 0 Å². The van der Waals surface area contributed by atoms with Crippen molar-refractivity contribution in [2.45, 2.75) is 32.8 Å². The number of aryl methyl sites for hydroxylation is 1. The summed E-state index contributed by atoms with van der Waals surface area (Å²) in [5.74, 6) is 0.862. The molecular formula is C12H18O2. The second kappa shape index (κ2) is 4.01. The lowest BCUT2D eigenvalue weighted by atomic mass is 9.92. The summed E-state index contributed by atoms with van der Waals surface area (Å²) in [6.45, 7) is 5.78. The summed E-state index contributed by atoms with van der Waals surface area (Å²) in [5, 5.41) is 10.0. The first-order chi connectivity index (χ1) is 6.51. The number of hydrogen-bond acceptors (Lipinski definition) is 2. The van der Waals surface area contributed by atoms with E-state index in [-0.39, 0.29) is 0 Å². The van der Waals surface area contributed by atoms with Crippen molar-refractivity contribution in [3.8, 4) is 5.75 Å². The molecule has 1 rings (SSSR count). The number of benzene rings is 1. The Morgan fingerprint density at radius 2 is 2.07 bits per heavy atom. The first-order valence-corrected chi connectivity index (χ1v) is 4.88. The highest BCUT2D eigenvalue weighted by molar-refractivity contribution is 5.38. The topological polar surface area (TPSA) is 29.5 Å². The van der Waals surface area contributed by atoms with E-state index in [4.69, 9.17) is 4.74 Å². The standard InChI is InChI=1S/C12H18O2/c1-5-12(3,13)10-6-7-11(14-4)9(2)8-10/h6-8,13H,5H2,1-4H3. The molecule has 14 heavy (non-hydrogen) atoms. The van der Waals surface area contributed by atoms with Gasteiger partial charge in [-0.1, -0.05) is 13.0 Å². The highest BCUT2D eigenvalue weighted by Gasteiger charge is 2.20. The second-order valence-electron chi connectivity index (χ2n) is 3.81. The van der Waals surface area contributed by atoms with Gasteiger partial charge >= 0.3 is 0 Å². The molecule has 0 heterocycles. The van der Waals surface area contributed by atoms with Gasteiger partial charge in [0, 0.05) is 0 Å². The maximum absolute atomic E-state index is 10.0. The van der Waals surface area contributed by atoms with E-state index in [1.165, 1.54) is 0 Å². The normalized spacial score (nSPS) is 14.9. The van der Waals surface area contributed by atoms with E-state index < -0.39 is 5.60 Å². The molecule has 78 valence electrons. The molecule has 2 heteroatoms. The van der Waals surface area contributed by atoms with Gasteiger partial charge in [-0.05, 0) is 43.5 Å². The quantitative estimate of drug-likeness (QED) is 0.801. The SMILES string of the molecule is CCC(C)(O)c1ccc(OC)c(C)c1. The lowest BCUT2D eigenvalue weighted by Gasteiger charge is -2.22. The van der Waals surface area contributed by atoms with E-state index in [0.717, 1.165) is 16.9 Å². The summed E-state index contributed by atoms with van der Waals surface area (Å²) < 4.78 is 5.16. The fourth-order valence-corrected chi connectivity index (χ4v) is 1.42. The third kappa shape index (κ3) is 2.07. The summed E-state index contributed by atoms with van der Waals surface area (Å²) in [4.78, 5) is 0. The van der Waals surface area contributed by atoms with Gasteiger partial charge in [0.05, 0.1) is 12.7 Å². The van der Waals surface area contributed by atoms with Crippen molar-refractivity contribution < 1.29 is 9.84 Å². The molecule has 1 atom stereocenters. The number of aliphatic hydroxyl groups is 1. The minimum Gasteiger partial charge on any atom is -0.496 e. The fourth-order valence-electron chi connectivity index (χ4n) is 1.42.